The lowest BCUT2D eigenvalue weighted by atomic mass is 10.1. The summed E-state index contributed by atoms with van der Waals surface area (Å²) in [5.74, 6) is -0.143. The van der Waals surface area contributed by atoms with Crippen molar-refractivity contribution < 1.29 is 13.2 Å². The number of nitrogens with one attached hydrogen (secondary N) is 1. The fraction of sp³-hybridized carbons (Fsp3) is 0.304. The molecule has 0 spiro atoms. The van der Waals surface area contributed by atoms with Gasteiger partial charge in [0.15, 0.2) is 0 Å². The molecule has 0 aromatic heterocycles. The second-order valence-corrected chi connectivity index (χ2v) is 9.04. The summed E-state index contributed by atoms with van der Waals surface area (Å²) in [4.78, 5) is 16.8. The van der Waals surface area contributed by atoms with E-state index in [1.54, 1.807) is 42.2 Å². The highest BCUT2D eigenvalue weighted by atomic mass is 32.2. The number of hydrogen-bond acceptors (Lipinski definition) is 5. The Balaban J connectivity index is 2.12. The summed E-state index contributed by atoms with van der Waals surface area (Å²) in [5, 5.41) is 8.94. The van der Waals surface area contributed by atoms with Crippen LogP contribution in [0, 0.1) is 11.3 Å². The maximum absolute atomic E-state index is 12.8. The second kappa shape index (κ2) is 11.4. The van der Waals surface area contributed by atoms with E-state index < -0.39 is 10.0 Å². The molecular weight excluding hydrogens is 412 g/mol. The minimum atomic E-state index is -3.50. The first-order valence-electron chi connectivity index (χ1n) is 9.95. The van der Waals surface area contributed by atoms with Crippen LogP contribution in [0.5, 0.6) is 0 Å². The van der Waals surface area contributed by atoms with Gasteiger partial charge in [0.2, 0.25) is 15.9 Å². The molecule has 0 bridgehead atoms. The molecule has 0 saturated heterocycles. The van der Waals surface area contributed by atoms with Crippen LogP contribution in [0.2, 0.25) is 0 Å². The van der Waals surface area contributed by atoms with Gasteiger partial charge in [-0.1, -0.05) is 31.2 Å². The number of nitriles is 1. The molecule has 0 atom stereocenters. The van der Waals surface area contributed by atoms with E-state index in [1.807, 2.05) is 31.1 Å². The van der Waals surface area contributed by atoms with Crippen molar-refractivity contribution in [1.82, 2.24) is 14.5 Å². The number of amides is 1. The molecule has 2 rings (SSSR count). The molecule has 1 N–H and O–H groups in total. The van der Waals surface area contributed by atoms with Gasteiger partial charge >= 0.3 is 0 Å². The first-order valence-corrected chi connectivity index (χ1v) is 11.4. The van der Waals surface area contributed by atoms with Crippen LogP contribution in [0.15, 0.2) is 59.5 Å². The molecule has 0 fully saturated rings. The zero-order chi connectivity index (χ0) is 22.9. The highest BCUT2D eigenvalue weighted by molar-refractivity contribution is 7.89. The second-order valence-electron chi connectivity index (χ2n) is 7.28. The number of hydrogen-bond donors (Lipinski definition) is 1. The Morgan fingerprint density at radius 2 is 1.71 bits per heavy atom. The maximum atomic E-state index is 12.8. The van der Waals surface area contributed by atoms with Crippen molar-refractivity contribution in [3.63, 3.8) is 0 Å². The van der Waals surface area contributed by atoms with Crippen LogP contribution in [0.25, 0.3) is 6.08 Å². The van der Waals surface area contributed by atoms with E-state index >= 15 is 0 Å². The fourth-order valence-electron chi connectivity index (χ4n) is 2.80. The van der Waals surface area contributed by atoms with Crippen LogP contribution in [0.3, 0.4) is 0 Å². The highest BCUT2D eigenvalue weighted by Gasteiger charge is 2.13. The third kappa shape index (κ3) is 7.64. The Morgan fingerprint density at radius 1 is 1.06 bits per heavy atom. The average molecular weight is 441 g/mol. The number of carbonyl (C=O) groups is 1. The molecule has 7 nitrogen and oxygen atoms in total. The Kier molecular flexibility index (Phi) is 8.94. The molecule has 2 aromatic rings. The van der Waals surface area contributed by atoms with Gasteiger partial charge in [0.1, 0.15) is 0 Å². The Labute approximate surface area is 184 Å². The highest BCUT2D eigenvalue weighted by Crippen LogP contribution is 2.13. The van der Waals surface area contributed by atoms with Gasteiger partial charge in [0, 0.05) is 32.3 Å². The zero-order valence-electron chi connectivity index (χ0n) is 18.1. The summed E-state index contributed by atoms with van der Waals surface area (Å²) < 4.78 is 26.5. The van der Waals surface area contributed by atoms with Crippen molar-refractivity contribution in [2.24, 2.45) is 0 Å². The predicted molar refractivity (Wildman–Crippen MR) is 121 cm³/mol. The molecule has 0 saturated carbocycles. The standard InChI is InChI=1S/C23H28N4O3S/c1-4-25-31(29,30)22-12-9-19(10-13-22)11-14-23(28)27(16-15-26(2)3)18-21-7-5-20(17-24)6-8-21/h5-14,25H,4,15-16,18H2,1-3H3/b14-11+. The van der Waals surface area contributed by atoms with Gasteiger partial charge in [-0.25, -0.2) is 13.1 Å². The third-order valence-electron chi connectivity index (χ3n) is 4.53. The number of rotatable bonds is 10. The van der Waals surface area contributed by atoms with E-state index in [2.05, 4.69) is 10.8 Å². The molecule has 8 heteroatoms. The summed E-state index contributed by atoms with van der Waals surface area (Å²) in [6, 6.07) is 15.6. The number of benzene rings is 2. The zero-order valence-corrected chi connectivity index (χ0v) is 18.9. The molecule has 164 valence electrons. The van der Waals surface area contributed by atoms with Gasteiger partial charge in [-0.05, 0) is 55.6 Å². The predicted octanol–water partition coefficient (Wildman–Crippen LogP) is 2.46. The number of sulfonamides is 1. The molecule has 0 aliphatic heterocycles. The van der Waals surface area contributed by atoms with Crippen molar-refractivity contribution in [2.45, 2.75) is 18.4 Å². The van der Waals surface area contributed by atoms with Crippen LogP contribution in [0.1, 0.15) is 23.6 Å². The van der Waals surface area contributed by atoms with Crippen molar-refractivity contribution in [1.29, 1.82) is 5.26 Å². The summed E-state index contributed by atoms with van der Waals surface area (Å²) in [5.41, 5.74) is 2.25. The van der Waals surface area contributed by atoms with Crippen molar-refractivity contribution >= 4 is 22.0 Å². The molecule has 0 unspecified atom stereocenters. The van der Waals surface area contributed by atoms with Gasteiger partial charge in [-0.3, -0.25) is 4.79 Å². The van der Waals surface area contributed by atoms with Gasteiger partial charge in [-0.2, -0.15) is 5.26 Å². The Hall–Kier alpha value is -2.99. The van der Waals surface area contributed by atoms with Crippen molar-refractivity contribution in [3.8, 4) is 6.07 Å². The third-order valence-corrected chi connectivity index (χ3v) is 6.09. The SMILES string of the molecule is CCNS(=O)(=O)c1ccc(/C=C/C(=O)N(CCN(C)C)Cc2ccc(C#N)cc2)cc1. The van der Waals surface area contributed by atoms with Gasteiger partial charge in [0.05, 0.1) is 16.5 Å². The van der Waals surface area contributed by atoms with Gasteiger partial charge < -0.3 is 9.80 Å². The maximum Gasteiger partial charge on any atom is 0.246 e. The first kappa shape index (κ1) is 24.3. The summed E-state index contributed by atoms with van der Waals surface area (Å²) in [6.45, 7) is 3.74. The van der Waals surface area contributed by atoms with Crippen LogP contribution in [0.4, 0.5) is 0 Å². The number of carbonyl (C=O) groups excluding carboxylic acids is 1. The average Bonchev–Trinajstić information content (AvgIpc) is 2.75. The fourth-order valence-corrected chi connectivity index (χ4v) is 3.84. The van der Waals surface area contributed by atoms with Crippen LogP contribution < -0.4 is 4.72 Å². The van der Waals surface area contributed by atoms with Crippen LogP contribution >= 0.6 is 0 Å². The first-order chi connectivity index (χ1) is 14.7. The van der Waals surface area contributed by atoms with Gasteiger partial charge in [0.25, 0.3) is 0 Å². The quantitative estimate of drug-likeness (QED) is 0.573. The summed E-state index contributed by atoms with van der Waals surface area (Å²) in [7, 11) is 0.394. The molecule has 0 radical (unpaired) electrons. The number of nitrogens with zero attached hydrogens (tertiary/aromatic N) is 3. The monoisotopic (exact) mass is 440 g/mol. The smallest absolute Gasteiger partial charge is 0.246 e. The lowest BCUT2D eigenvalue weighted by Gasteiger charge is -2.23. The molecule has 0 aliphatic rings. The molecule has 0 aliphatic carbocycles. The molecule has 0 heterocycles. The van der Waals surface area contributed by atoms with E-state index in [-0.39, 0.29) is 10.8 Å². The van der Waals surface area contributed by atoms with E-state index in [4.69, 9.17) is 5.26 Å². The summed E-state index contributed by atoms with van der Waals surface area (Å²) in [6.07, 6.45) is 3.17. The lowest BCUT2D eigenvalue weighted by molar-refractivity contribution is -0.126. The van der Waals surface area contributed by atoms with Crippen molar-refractivity contribution in [2.75, 3.05) is 33.7 Å². The number of likely N-dealkylation sites (N-methyl/N-ethyl adjacent to an activating group) is 1. The van der Waals surface area contributed by atoms with Crippen molar-refractivity contribution in [3.05, 3.63) is 71.3 Å². The summed E-state index contributed by atoms with van der Waals surface area (Å²) >= 11 is 0. The van der Waals surface area contributed by atoms with Gasteiger partial charge in [-0.15, -0.1) is 0 Å². The topological polar surface area (TPSA) is 93.5 Å². The lowest BCUT2D eigenvalue weighted by Crippen LogP contribution is -2.35. The van der Waals surface area contributed by atoms with Crippen LogP contribution in [-0.4, -0.2) is 57.9 Å². The van der Waals surface area contributed by atoms with Crippen LogP contribution in [-0.2, 0) is 21.4 Å². The minimum Gasteiger partial charge on any atom is -0.334 e. The van der Waals surface area contributed by atoms with E-state index in [9.17, 15) is 13.2 Å². The molecule has 2 aromatic carbocycles. The van der Waals surface area contributed by atoms with E-state index in [0.29, 0.717) is 31.7 Å². The molecule has 1 amide bonds. The van der Waals surface area contributed by atoms with E-state index in [1.165, 1.54) is 18.2 Å². The normalized spacial score (nSPS) is 11.6. The van der Waals surface area contributed by atoms with E-state index in [0.717, 1.165) is 11.1 Å². The minimum absolute atomic E-state index is 0.143. The molecular formula is C23H28N4O3S. The molecule has 31 heavy (non-hydrogen) atoms. The largest absolute Gasteiger partial charge is 0.334 e. The Morgan fingerprint density at radius 3 is 2.26 bits per heavy atom. The Bertz CT molecular complexity index is 1040.